The third-order valence-corrected chi connectivity index (χ3v) is 5.01. The quantitative estimate of drug-likeness (QED) is 0.219. The van der Waals surface area contributed by atoms with Crippen molar-refractivity contribution in [1.29, 1.82) is 0 Å². The Balaban J connectivity index is 1.46. The minimum atomic E-state index is -1.00. The van der Waals surface area contributed by atoms with Gasteiger partial charge >= 0.3 is 11.8 Å². The molecule has 37 heavy (non-hydrogen) atoms. The van der Waals surface area contributed by atoms with Crippen LogP contribution in [-0.4, -0.2) is 37.7 Å². The van der Waals surface area contributed by atoms with Crippen molar-refractivity contribution in [1.82, 2.24) is 5.43 Å². The van der Waals surface area contributed by atoms with Gasteiger partial charge < -0.3 is 24.8 Å². The number of methoxy groups -OCH3 is 2. The van der Waals surface area contributed by atoms with Crippen LogP contribution < -0.4 is 30.3 Å². The van der Waals surface area contributed by atoms with Gasteiger partial charge in [-0.25, -0.2) is 5.43 Å². The molecule has 0 atom stereocenters. The molecule has 0 aromatic heterocycles. The molecular weight excluding hydrogens is 476 g/mol. The number of hydrogen-bond donors (Lipinski definition) is 3. The molecule has 3 amide bonds. The van der Waals surface area contributed by atoms with E-state index in [2.05, 4.69) is 21.2 Å². The van der Waals surface area contributed by atoms with Gasteiger partial charge in [0.2, 0.25) is 5.91 Å². The van der Waals surface area contributed by atoms with E-state index < -0.39 is 11.8 Å². The summed E-state index contributed by atoms with van der Waals surface area (Å²) in [6.07, 6.45) is -0.0855. The summed E-state index contributed by atoms with van der Waals surface area (Å²) in [6, 6.07) is 21.5. The highest BCUT2D eigenvalue weighted by Gasteiger charge is 2.16. The molecule has 3 aromatic rings. The molecule has 0 saturated carbocycles. The number of carbonyl (C=O) groups is 3. The van der Waals surface area contributed by atoms with Gasteiger partial charge in [-0.1, -0.05) is 30.3 Å². The number of anilines is 2. The minimum absolute atomic E-state index is 0.0855. The van der Waals surface area contributed by atoms with Crippen molar-refractivity contribution in [2.75, 3.05) is 24.9 Å². The van der Waals surface area contributed by atoms with Crippen molar-refractivity contribution in [2.24, 2.45) is 5.10 Å². The number of benzene rings is 3. The number of nitrogens with zero attached hydrogens (tertiary/aromatic N) is 1. The Bertz CT molecular complexity index is 1260. The lowest BCUT2D eigenvalue weighted by atomic mass is 10.2. The number of rotatable bonds is 10. The first-order valence-corrected chi connectivity index (χ1v) is 11.3. The first-order valence-electron chi connectivity index (χ1n) is 11.3. The SMILES string of the molecule is COc1ccc(OC)c(NC(=O)C(=O)N/N=C(\C)CC(=O)Nc2ccc(OCc3ccccc3)cc2)c1. The summed E-state index contributed by atoms with van der Waals surface area (Å²) in [7, 11) is 2.91. The maximum Gasteiger partial charge on any atom is 0.329 e. The van der Waals surface area contributed by atoms with E-state index in [1.54, 1.807) is 43.3 Å². The molecule has 0 aliphatic heterocycles. The second kappa shape index (κ2) is 13.3. The summed E-state index contributed by atoms with van der Waals surface area (Å²) in [4.78, 5) is 36.7. The Morgan fingerprint density at radius 1 is 0.811 bits per heavy atom. The van der Waals surface area contributed by atoms with E-state index in [1.165, 1.54) is 20.3 Å². The summed E-state index contributed by atoms with van der Waals surface area (Å²) in [5.41, 5.74) is 4.35. The lowest BCUT2D eigenvalue weighted by molar-refractivity contribution is -0.136. The zero-order valence-electron chi connectivity index (χ0n) is 20.7. The molecule has 10 nitrogen and oxygen atoms in total. The van der Waals surface area contributed by atoms with Gasteiger partial charge in [-0.2, -0.15) is 5.10 Å². The van der Waals surface area contributed by atoms with Crippen molar-refractivity contribution in [2.45, 2.75) is 20.0 Å². The number of hydrazone groups is 1. The Labute approximate surface area is 214 Å². The van der Waals surface area contributed by atoms with Gasteiger partial charge in [-0.05, 0) is 48.9 Å². The molecule has 0 fully saturated rings. The highest BCUT2D eigenvalue weighted by atomic mass is 16.5. The molecule has 0 spiro atoms. The molecule has 0 saturated heterocycles. The maximum absolute atomic E-state index is 12.3. The molecule has 0 aliphatic rings. The van der Waals surface area contributed by atoms with Gasteiger partial charge in [-0.3, -0.25) is 14.4 Å². The summed E-state index contributed by atoms with van der Waals surface area (Å²) in [6.45, 7) is 2.00. The van der Waals surface area contributed by atoms with Crippen LogP contribution in [0.1, 0.15) is 18.9 Å². The van der Waals surface area contributed by atoms with Crippen molar-refractivity contribution in [3.05, 3.63) is 78.4 Å². The third kappa shape index (κ3) is 8.39. The fraction of sp³-hybridized carbons (Fsp3) is 0.185. The second-order valence-corrected chi connectivity index (χ2v) is 7.83. The molecule has 3 aromatic carbocycles. The number of nitrogens with one attached hydrogen (secondary N) is 3. The smallest absolute Gasteiger partial charge is 0.329 e. The Hall–Kier alpha value is -4.86. The lowest BCUT2D eigenvalue weighted by Crippen LogP contribution is -2.33. The summed E-state index contributed by atoms with van der Waals surface area (Å²) in [5, 5.41) is 9.02. The molecule has 0 heterocycles. The average Bonchev–Trinajstić information content (AvgIpc) is 2.91. The topological polar surface area (TPSA) is 127 Å². The van der Waals surface area contributed by atoms with Crippen LogP contribution >= 0.6 is 0 Å². The highest BCUT2D eigenvalue weighted by molar-refractivity contribution is 6.39. The van der Waals surface area contributed by atoms with Crippen molar-refractivity contribution < 1.29 is 28.6 Å². The molecule has 0 unspecified atom stereocenters. The Kier molecular flexibility index (Phi) is 9.60. The third-order valence-electron chi connectivity index (χ3n) is 5.01. The van der Waals surface area contributed by atoms with E-state index in [0.717, 1.165) is 5.56 Å². The predicted octanol–water partition coefficient (Wildman–Crippen LogP) is 3.74. The van der Waals surface area contributed by atoms with Crippen LogP contribution in [0.3, 0.4) is 0 Å². The van der Waals surface area contributed by atoms with E-state index >= 15 is 0 Å². The van der Waals surface area contributed by atoms with E-state index in [1.807, 2.05) is 30.3 Å². The monoisotopic (exact) mass is 504 g/mol. The van der Waals surface area contributed by atoms with Crippen molar-refractivity contribution >= 4 is 34.8 Å². The second-order valence-electron chi connectivity index (χ2n) is 7.83. The maximum atomic E-state index is 12.3. The number of hydrogen-bond acceptors (Lipinski definition) is 7. The summed E-state index contributed by atoms with van der Waals surface area (Å²) < 4.78 is 16.0. The number of amides is 3. The summed E-state index contributed by atoms with van der Waals surface area (Å²) in [5.74, 6) is -0.788. The Morgan fingerprint density at radius 3 is 2.19 bits per heavy atom. The molecule has 0 radical (unpaired) electrons. The van der Waals surface area contributed by atoms with Crippen LogP contribution in [-0.2, 0) is 21.0 Å². The largest absolute Gasteiger partial charge is 0.497 e. The average molecular weight is 505 g/mol. The van der Waals surface area contributed by atoms with E-state index in [9.17, 15) is 14.4 Å². The zero-order valence-corrected chi connectivity index (χ0v) is 20.7. The number of ether oxygens (including phenoxy) is 3. The van der Waals surface area contributed by atoms with Crippen molar-refractivity contribution in [3.63, 3.8) is 0 Å². The molecular formula is C27H28N4O6. The van der Waals surface area contributed by atoms with Crippen LogP contribution in [0, 0.1) is 0 Å². The van der Waals surface area contributed by atoms with Gasteiger partial charge in [0, 0.05) is 17.5 Å². The fourth-order valence-electron chi connectivity index (χ4n) is 3.14. The van der Waals surface area contributed by atoms with Crippen LogP contribution in [0.25, 0.3) is 0 Å². The van der Waals surface area contributed by atoms with E-state index in [0.29, 0.717) is 35.3 Å². The normalized spacial score (nSPS) is 10.7. The molecule has 3 N–H and O–H groups in total. The molecule has 10 heteroatoms. The molecule has 192 valence electrons. The van der Waals surface area contributed by atoms with Crippen molar-refractivity contribution in [3.8, 4) is 17.2 Å². The van der Waals surface area contributed by atoms with E-state index in [-0.39, 0.29) is 18.0 Å². The van der Waals surface area contributed by atoms with Crippen LogP contribution in [0.2, 0.25) is 0 Å². The summed E-state index contributed by atoms with van der Waals surface area (Å²) >= 11 is 0. The fourth-order valence-corrected chi connectivity index (χ4v) is 3.14. The predicted molar refractivity (Wildman–Crippen MR) is 140 cm³/mol. The van der Waals surface area contributed by atoms with Gasteiger partial charge in [0.05, 0.1) is 26.3 Å². The Morgan fingerprint density at radius 2 is 1.51 bits per heavy atom. The first kappa shape index (κ1) is 26.7. The zero-order chi connectivity index (χ0) is 26.6. The van der Waals surface area contributed by atoms with Crippen LogP contribution in [0.4, 0.5) is 11.4 Å². The van der Waals surface area contributed by atoms with Gasteiger partial charge in [0.25, 0.3) is 0 Å². The van der Waals surface area contributed by atoms with Gasteiger partial charge in [-0.15, -0.1) is 0 Å². The van der Waals surface area contributed by atoms with Gasteiger partial charge in [0.15, 0.2) is 0 Å². The minimum Gasteiger partial charge on any atom is -0.497 e. The van der Waals surface area contributed by atoms with E-state index in [4.69, 9.17) is 14.2 Å². The first-order chi connectivity index (χ1) is 17.9. The van der Waals surface area contributed by atoms with Crippen LogP contribution in [0.15, 0.2) is 77.9 Å². The number of carbonyl (C=O) groups excluding carboxylic acids is 3. The standard InChI is InChI=1S/C27H28N4O6/c1-18(30-31-27(34)26(33)29-23-16-22(35-2)13-14-24(23)36-3)15-25(32)28-20-9-11-21(12-10-20)37-17-19-7-5-4-6-8-19/h4-14,16H,15,17H2,1-3H3,(H,28,32)(H,29,33)(H,31,34)/b30-18+. The van der Waals surface area contributed by atoms with Crippen LogP contribution in [0.5, 0.6) is 17.2 Å². The molecule has 3 rings (SSSR count). The highest BCUT2D eigenvalue weighted by Crippen LogP contribution is 2.28. The van der Waals surface area contributed by atoms with Gasteiger partial charge in [0.1, 0.15) is 23.9 Å². The lowest BCUT2D eigenvalue weighted by Gasteiger charge is -2.11. The molecule has 0 aliphatic carbocycles. The molecule has 0 bridgehead atoms.